The molecule has 0 atom stereocenters. The molecular formula is C15H15ClN2O2. The van der Waals surface area contributed by atoms with Crippen molar-refractivity contribution in [1.82, 2.24) is 0 Å². The molecule has 0 fully saturated rings. The molecule has 0 aliphatic heterocycles. The maximum atomic E-state index is 11.8. The first kappa shape index (κ1) is 14.2. The number of carbonyl (C=O) groups excluding carboxylic acids is 1. The summed E-state index contributed by atoms with van der Waals surface area (Å²) in [5, 5.41) is 12.2. The highest BCUT2D eigenvalue weighted by Crippen LogP contribution is 2.26. The van der Waals surface area contributed by atoms with E-state index in [9.17, 15) is 9.90 Å². The third-order valence-electron chi connectivity index (χ3n) is 2.82. The monoisotopic (exact) mass is 290 g/mol. The molecule has 0 aliphatic carbocycles. The Balaban J connectivity index is 1.91. The van der Waals surface area contributed by atoms with Crippen molar-refractivity contribution in [3.05, 3.63) is 53.1 Å². The quantitative estimate of drug-likeness (QED) is 0.598. The normalized spacial score (nSPS) is 10.2. The topological polar surface area (TPSA) is 75.4 Å². The van der Waals surface area contributed by atoms with Gasteiger partial charge in [0.25, 0.3) is 0 Å². The van der Waals surface area contributed by atoms with Crippen LogP contribution in [0.15, 0.2) is 42.5 Å². The highest BCUT2D eigenvalue weighted by Gasteiger charge is 2.05. The standard InChI is InChI=1S/C15H15ClN2O2/c16-13-9-12(5-6-14(13)19)18-15(20)7-4-10-2-1-3-11(17)8-10/h1-3,5-6,8-9,19H,4,7,17H2,(H,18,20). The Kier molecular flexibility index (Phi) is 4.48. The van der Waals surface area contributed by atoms with E-state index in [0.717, 1.165) is 5.56 Å². The SMILES string of the molecule is Nc1cccc(CCC(=O)Nc2ccc(O)c(Cl)c2)c1. The van der Waals surface area contributed by atoms with Crippen LogP contribution in [0, 0.1) is 0 Å². The third-order valence-corrected chi connectivity index (χ3v) is 3.13. The molecule has 0 unspecified atom stereocenters. The van der Waals surface area contributed by atoms with Gasteiger partial charge in [0.15, 0.2) is 0 Å². The fourth-order valence-corrected chi connectivity index (χ4v) is 2.00. The van der Waals surface area contributed by atoms with Crippen molar-refractivity contribution in [2.45, 2.75) is 12.8 Å². The van der Waals surface area contributed by atoms with Crippen LogP contribution in [-0.4, -0.2) is 11.0 Å². The Bertz CT molecular complexity index is 629. The van der Waals surface area contributed by atoms with Crippen molar-refractivity contribution in [2.75, 3.05) is 11.1 Å². The summed E-state index contributed by atoms with van der Waals surface area (Å²) in [4.78, 5) is 11.8. The predicted molar refractivity (Wildman–Crippen MR) is 80.9 cm³/mol. The zero-order chi connectivity index (χ0) is 14.5. The van der Waals surface area contributed by atoms with Crippen molar-refractivity contribution < 1.29 is 9.90 Å². The van der Waals surface area contributed by atoms with Gasteiger partial charge in [-0.3, -0.25) is 4.79 Å². The van der Waals surface area contributed by atoms with E-state index in [0.29, 0.717) is 24.2 Å². The Labute approximate surface area is 122 Å². The summed E-state index contributed by atoms with van der Waals surface area (Å²) in [6.07, 6.45) is 0.963. The number of amides is 1. The minimum Gasteiger partial charge on any atom is -0.506 e. The molecule has 4 nitrogen and oxygen atoms in total. The molecule has 0 saturated carbocycles. The number of aromatic hydroxyl groups is 1. The van der Waals surface area contributed by atoms with Crippen molar-refractivity contribution in [2.24, 2.45) is 0 Å². The fourth-order valence-electron chi connectivity index (χ4n) is 1.81. The molecule has 1 amide bonds. The molecule has 0 saturated heterocycles. The number of nitrogen functional groups attached to an aromatic ring is 1. The number of phenolic OH excluding ortho intramolecular Hbond substituents is 1. The van der Waals surface area contributed by atoms with Crippen LogP contribution in [-0.2, 0) is 11.2 Å². The van der Waals surface area contributed by atoms with Gasteiger partial charge in [0.05, 0.1) is 5.02 Å². The largest absolute Gasteiger partial charge is 0.506 e. The van der Waals surface area contributed by atoms with Gasteiger partial charge in [-0.1, -0.05) is 23.7 Å². The molecule has 2 aromatic rings. The number of carbonyl (C=O) groups is 1. The van der Waals surface area contributed by atoms with Crippen LogP contribution in [0.25, 0.3) is 0 Å². The lowest BCUT2D eigenvalue weighted by atomic mass is 10.1. The summed E-state index contributed by atoms with van der Waals surface area (Å²) in [6.45, 7) is 0. The van der Waals surface area contributed by atoms with Gasteiger partial charge in [0, 0.05) is 17.8 Å². The first-order valence-electron chi connectivity index (χ1n) is 6.17. The number of halogens is 1. The second kappa shape index (κ2) is 6.30. The van der Waals surface area contributed by atoms with Gasteiger partial charge < -0.3 is 16.2 Å². The predicted octanol–water partition coefficient (Wildman–Crippen LogP) is 3.20. The Hall–Kier alpha value is -2.20. The smallest absolute Gasteiger partial charge is 0.224 e. The van der Waals surface area contributed by atoms with Crippen molar-refractivity contribution in [3.8, 4) is 5.75 Å². The third kappa shape index (κ3) is 3.90. The molecule has 0 bridgehead atoms. The van der Waals surface area contributed by atoms with Crippen LogP contribution in [0.4, 0.5) is 11.4 Å². The first-order valence-corrected chi connectivity index (χ1v) is 6.55. The Morgan fingerprint density at radius 2 is 2.05 bits per heavy atom. The number of phenols is 1. The van der Waals surface area contributed by atoms with E-state index in [1.165, 1.54) is 12.1 Å². The van der Waals surface area contributed by atoms with Gasteiger partial charge in [0.2, 0.25) is 5.91 Å². The van der Waals surface area contributed by atoms with E-state index in [1.54, 1.807) is 6.07 Å². The average Bonchev–Trinajstić information content (AvgIpc) is 2.41. The number of anilines is 2. The van der Waals surface area contributed by atoms with Crippen molar-refractivity contribution >= 4 is 28.9 Å². The van der Waals surface area contributed by atoms with E-state index < -0.39 is 0 Å². The molecule has 2 rings (SSSR count). The minimum absolute atomic E-state index is 0.00979. The number of rotatable bonds is 4. The molecule has 0 aliphatic rings. The summed E-state index contributed by atoms with van der Waals surface area (Å²) in [6, 6.07) is 12.0. The summed E-state index contributed by atoms with van der Waals surface area (Å²) in [7, 11) is 0. The molecule has 0 heterocycles. The van der Waals surface area contributed by atoms with E-state index in [2.05, 4.69) is 5.32 Å². The lowest BCUT2D eigenvalue weighted by Crippen LogP contribution is -2.12. The van der Waals surface area contributed by atoms with Gasteiger partial charge >= 0.3 is 0 Å². The Morgan fingerprint density at radius 3 is 2.75 bits per heavy atom. The van der Waals surface area contributed by atoms with Crippen molar-refractivity contribution in [3.63, 3.8) is 0 Å². The lowest BCUT2D eigenvalue weighted by molar-refractivity contribution is -0.116. The number of hydrogen-bond donors (Lipinski definition) is 3. The van der Waals surface area contributed by atoms with Gasteiger partial charge in [0.1, 0.15) is 5.75 Å². The number of aryl methyl sites for hydroxylation is 1. The maximum absolute atomic E-state index is 11.8. The molecule has 4 N–H and O–H groups in total. The van der Waals surface area contributed by atoms with Crippen LogP contribution < -0.4 is 11.1 Å². The molecule has 20 heavy (non-hydrogen) atoms. The summed E-state index contributed by atoms with van der Waals surface area (Å²) < 4.78 is 0. The van der Waals surface area contributed by atoms with Gasteiger partial charge in [-0.05, 0) is 42.3 Å². The van der Waals surface area contributed by atoms with Gasteiger partial charge in [-0.15, -0.1) is 0 Å². The van der Waals surface area contributed by atoms with E-state index in [4.69, 9.17) is 17.3 Å². The zero-order valence-electron chi connectivity index (χ0n) is 10.8. The summed E-state index contributed by atoms with van der Waals surface area (Å²) >= 11 is 5.77. The molecule has 0 radical (unpaired) electrons. The lowest BCUT2D eigenvalue weighted by Gasteiger charge is -2.07. The molecule has 5 heteroatoms. The van der Waals surface area contributed by atoms with Crippen LogP contribution in [0.5, 0.6) is 5.75 Å². The van der Waals surface area contributed by atoms with E-state index in [1.807, 2.05) is 24.3 Å². The van der Waals surface area contributed by atoms with Crippen LogP contribution in [0.3, 0.4) is 0 Å². The zero-order valence-corrected chi connectivity index (χ0v) is 11.5. The second-order valence-corrected chi connectivity index (χ2v) is 4.87. The summed E-state index contributed by atoms with van der Waals surface area (Å²) in [5.74, 6) is -0.126. The Morgan fingerprint density at radius 1 is 1.25 bits per heavy atom. The molecule has 0 spiro atoms. The van der Waals surface area contributed by atoms with E-state index in [-0.39, 0.29) is 16.7 Å². The molecule has 0 aromatic heterocycles. The number of nitrogens with two attached hydrogens (primary N) is 1. The first-order chi connectivity index (χ1) is 9.54. The van der Waals surface area contributed by atoms with Crippen LogP contribution in [0.2, 0.25) is 5.02 Å². The molecular weight excluding hydrogens is 276 g/mol. The average molecular weight is 291 g/mol. The fraction of sp³-hybridized carbons (Fsp3) is 0.133. The number of hydrogen-bond acceptors (Lipinski definition) is 3. The highest BCUT2D eigenvalue weighted by molar-refractivity contribution is 6.32. The number of nitrogens with one attached hydrogen (secondary N) is 1. The summed E-state index contributed by atoms with van der Waals surface area (Å²) in [5.41, 5.74) is 7.95. The number of benzene rings is 2. The highest BCUT2D eigenvalue weighted by atomic mass is 35.5. The maximum Gasteiger partial charge on any atom is 0.224 e. The second-order valence-electron chi connectivity index (χ2n) is 4.46. The van der Waals surface area contributed by atoms with Crippen LogP contribution in [0.1, 0.15) is 12.0 Å². The van der Waals surface area contributed by atoms with E-state index >= 15 is 0 Å². The minimum atomic E-state index is -0.116. The molecule has 104 valence electrons. The molecule has 2 aromatic carbocycles. The van der Waals surface area contributed by atoms with Crippen molar-refractivity contribution in [1.29, 1.82) is 0 Å². The van der Waals surface area contributed by atoms with Crippen LogP contribution >= 0.6 is 11.6 Å². The van der Waals surface area contributed by atoms with Gasteiger partial charge in [-0.2, -0.15) is 0 Å². The van der Waals surface area contributed by atoms with Gasteiger partial charge in [-0.25, -0.2) is 0 Å².